The molecule has 0 aliphatic rings. The van der Waals surface area contributed by atoms with Crippen molar-refractivity contribution in [2.24, 2.45) is 5.16 Å². The molecule has 0 aliphatic heterocycles. The summed E-state index contributed by atoms with van der Waals surface area (Å²) < 4.78 is 2.34. The second-order valence-corrected chi connectivity index (χ2v) is 7.92. The molecule has 0 bridgehead atoms. The summed E-state index contributed by atoms with van der Waals surface area (Å²) in [6, 6.07) is 23.1. The molecule has 1 heterocycles. The van der Waals surface area contributed by atoms with Gasteiger partial charge in [-0.15, -0.1) is 0 Å². The van der Waals surface area contributed by atoms with Crippen LogP contribution in [0.3, 0.4) is 0 Å². The fraction of sp³-hybridized carbons (Fsp3) is 0.167. The Balaban J connectivity index is 1.96. The summed E-state index contributed by atoms with van der Waals surface area (Å²) in [5.41, 5.74) is 4.05. The number of fused-ring (bicyclic) bond motifs is 3. The van der Waals surface area contributed by atoms with Crippen LogP contribution in [0.2, 0.25) is 0 Å². The first kappa shape index (κ1) is 19.3. The zero-order chi connectivity index (χ0) is 20.4. The van der Waals surface area contributed by atoms with Crippen molar-refractivity contribution in [3.63, 3.8) is 0 Å². The van der Waals surface area contributed by atoms with Crippen LogP contribution in [0.1, 0.15) is 26.3 Å². The lowest BCUT2D eigenvalue weighted by Gasteiger charge is -2.11. The molecule has 146 valence electrons. The molecule has 29 heavy (non-hydrogen) atoms. The third kappa shape index (κ3) is 3.78. The van der Waals surface area contributed by atoms with Gasteiger partial charge in [0.2, 0.25) is 0 Å². The van der Waals surface area contributed by atoms with Crippen LogP contribution in [0, 0.1) is 0 Å². The normalized spacial score (nSPS) is 11.9. The number of hydrogen-bond donors (Lipinski definition) is 0. The molecule has 5 heteroatoms. The van der Waals surface area contributed by atoms with E-state index in [4.69, 9.17) is 4.84 Å². The minimum absolute atomic E-state index is 0.426. The van der Waals surface area contributed by atoms with Crippen molar-refractivity contribution in [2.45, 2.75) is 37.1 Å². The van der Waals surface area contributed by atoms with Gasteiger partial charge in [-0.2, -0.15) is 0 Å². The van der Waals surface area contributed by atoms with E-state index in [9.17, 15) is 4.79 Å². The van der Waals surface area contributed by atoms with E-state index in [-0.39, 0.29) is 0 Å². The van der Waals surface area contributed by atoms with Crippen LogP contribution in [-0.4, -0.2) is 16.2 Å². The van der Waals surface area contributed by atoms with E-state index in [0.717, 1.165) is 21.9 Å². The smallest absolute Gasteiger partial charge is 0.331 e. The van der Waals surface area contributed by atoms with Crippen LogP contribution in [-0.2, 0) is 16.2 Å². The minimum atomic E-state index is -0.426. The van der Waals surface area contributed by atoms with E-state index in [1.54, 1.807) is 11.8 Å². The molecule has 4 aromatic rings. The molecule has 4 rings (SSSR count). The highest BCUT2D eigenvalue weighted by Gasteiger charge is 2.16. The number of benzene rings is 3. The molecule has 4 nitrogen and oxygen atoms in total. The Bertz CT molecular complexity index is 1230. The van der Waals surface area contributed by atoms with Gasteiger partial charge in [0.1, 0.15) is 0 Å². The van der Waals surface area contributed by atoms with Crippen molar-refractivity contribution < 1.29 is 9.63 Å². The van der Waals surface area contributed by atoms with Gasteiger partial charge in [-0.25, -0.2) is 4.79 Å². The number of para-hydroxylation sites is 1. The van der Waals surface area contributed by atoms with Gasteiger partial charge in [-0.3, -0.25) is 0 Å². The molecule has 0 fully saturated rings. The number of rotatable bonds is 5. The monoisotopic (exact) mass is 402 g/mol. The van der Waals surface area contributed by atoms with E-state index in [2.05, 4.69) is 65.2 Å². The van der Waals surface area contributed by atoms with Crippen molar-refractivity contribution in [1.29, 1.82) is 0 Å². The maximum Gasteiger partial charge on any atom is 0.331 e. The summed E-state index contributed by atoms with van der Waals surface area (Å²) in [6.45, 7) is 6.28. The zero-order valence-electron chi connectivity index (χ0n) is 16.7. The second-order valence-electron chi connectivity index (χ2n) is 6.80. The Hall–Kier alpha value is -3.05. The highest BCUT2D eigenvalue weighted by Crippen LogP contribution is 2.37. The lowest BCUT2D eigenvalue weighted by Crippen LogP contribution is -2.02. The summed E-state index contributed by atoms with van der Waals surface area (Å²) in [5.74, 6) is -0.426. The van der Waals surface area contributed by atoms with E-state index < -0.39 is 5.97 Å². The van der Waals surface area contributed by atoms with E-state index in [1.165, 1.54) is 28.7 Å². The van der Waals surface area contributed by atoms with Gasteiger partial charge in [0.25, 0.3) is 0 Å². The van der Waals surface area contributed by atoms with Crippen molar-refractivity contribution >= 4 is 45.2 Å². The lowest BCUT2D eigenvalue weighted by molar-refractivity contribution is -0.140. The van der Waals surface area contributed by atoms with E-state index >= 15 is 0 Å². The number of carbonyl (C=O) groups is 1. The predicted molar refractivity (Wildman–Crippen MR) is 120 cm³/mol. The highest BCUT2D eigenvalue weighted by molar-refractivity contribution is 7.99. The fourth-order valence-electron chi connectivity index (χ4n) is 3.58. The summed E-state index contributed by atoms with van der Waals surface area (Å²) in [6.07, 6.45) is 0. The van der Waals surface area contributed by atoms with Gasteiger partial charge in [-0.1, -0.05) is 53.3 Å². The van der Waals surface area contributed by atoms with E-state index in [0.29, 0.717) is 5.71 Å². The topological polar surface area (TPSA) is 43.6 Å². The number of nitrogens with zero attached hydrogens (tertiary/aromatic N) is 2. The number of aromatic nitrogens is 1. The summed E-state index contributed by atoms with van der Waals surface area (Å²) in [5, 5.41) is 6.44. The second kappa shape index (κ2) is 8.13. The number of aryl methyl sites for hydroxylation is 1. The molecule has 0 unspecified atom stereocenters. The number of oxime groups is 1. The summed E-state index contributed by atoms with van der Waals surface area (Å²) in [4.78, 5) is 18.4. The van der Waals surface area contributed by atoms with Gasteiger partial charge >= 0.3 is 5.97 Å². The first-order valence-corrected chi connectivity index (χ1v) is 10.4. The average Bonchev–Trinajstić information content (AvgIpc) is 3.04. The SMILES string of the molecule is CCn1c2ccccc2c2cc(C(C)=NOC(C)=O)c(Sc3ccccc3)cc21. The standard InChI is InChI=1S/C24H22N2O2S/c1-4-26-22-13-9-8-12-19(22)21-14-20(16(2)25-28-17(3)27)24(15-23(21)26)29-18-10-6-5-7-11-18/h5-15H,4H2,1-3H3. The van der Waals surface area contributed by atoms with Gasteiger partial charge < -0.3 is 9.40 Å². The molecule has 0 radical (unpaired) electrons. The third-order valence-corrected chi connectivity index (χ3v) is 5.93. The van der Waals surface area contributed by atoms with Gasteiger partial charge in [0.05, 0.1) is 11.2 Å². The van der Waals surface area contributed by atoms with Crippen molar-refractivity contribution in [2.75, 3.05) is 0 Å². The summed E-state index contributed by atoms with van der Waals surface area (Å²) in [7, 11) is 0. The molecule has 0 aliphatic carbocycles. The quantitative estimate of drug-likeness (QED) is 0.225. The average molecular weight is 403 g/mol. The number of hydrogen-bond acceptors (Lipinski definition) is 4. The molecule has 3 aromatic carbocycles. The van der Waals surface area contributed by atoms with Crippen LogP contribution in [0.5, 0.6) is 0 Å². The van der Waals surface area contributed by atoms with Crippen LogP contribution < -0.4 is 0 Å². The highest BCUT2D eigenvalue weighted by atomic mass is 32.2. The molecule has 0 amide bonds. The molecule has 0 saturated carbocycles. The Morgan fingerprint density at radius 2 is 1.69 bits per heavy atom. The largest absolute Gasteiger partial charge is 0.341 e. The van der Waals surface area contributed by atoms with Crippen molar-refractivity contribution in [3.8, 4) is 0 Å². The van der Waals surface area contributed by atoms with Crippen LogP contribution in [0.15, 0.2) is 81.7 Å². The first-order chi connectivity index (χ1) is 14.1. The third-order valence-electron chi connectivity index (χ3n) is 4.86. The van der Waals surface area contributed by atoms with Crippen LogP contribution in [0.4, 0.5) is 0 Å². The molecule has 0 spiro atoms. The Labute approximate surface area is 174 Å². The Kier molecular flexibility index (Phi) is 5.41. The maximum atomic E-state index is 11.2. The molecule has 0 N–H and O–H groups in total. The van der Waals surface area contributed by atoms with Gasteiger partial charge in [0, 0.05) is 45.1 Å². The molecule has 0 saturated heterocycles. The summed E-state index contributed by atoms with van der Waals surface area (Å²) >= 11 is 1.69. The zero-order valence-corrected chi connectivity index (χ0v) is 17.5. The molecule has 0 atom stereocenters. The fourth-order valence-corrected chi connectivity index (χ4v) is 4.61. The van der Waals surface area contributed by atoms with Crippen LogP contribution in [0.25, 0.3) is 21.8 Å². The number of carbonyl (C=O) groups excluding carboxylic acids is 1. The van der Waals surface area contributed by atoms with Crippen molar-refractivity contribution in [3.05, 3.63) is 72.3 Å². The predicted octanol–water partition coefficient (Wildman–Crippen LogP) is 6.25. The minimum Gasteiger partial charge on any atom is -0.341 e. The maximum absolute atomic E-state index is 11.2. The van der Waals surface area contributed by atoms with Crippen molar-refractivity contribution in [1.82, 2.24) is 4.57 Å². The molecular weight excluding hydrogens is 380 g/mol. The Morgan fingerprint density at radius 3 is 2.41 bits per heavy atom. The molecule has 1 aromatic heterocycles. The molecular formula is C24H22N2O2S. The van der Waals surface area contributed by atoms with Crippen LogP contribution >= 0.6 is 11.8 Å². The Morgan fingerprint density at radius 1 is 0.966 bits per heavy atom. The van der Waals surface area contributed by atoms with Gasteiger partial charge in [0.15, 0.2) is 0 Å². The van der Waals surface area contributed by atoms with Gasteiger partial charge in [-0.05, 0) is 44.2 Å². The first-order valence-electron chi connectivity index (χ1n) is 9.59. The van der Waals surface area contributed by atoms with E-state index in [1.807, 2.05) is 25.1 Å². The lowest BCUT2D eigenvalue weighted by atomic mass is 10.1.